The smallest absolute Gasteiger partial charge is 0.210 e. The molecule has 0 amide bonds. The molecule has 0 aromatic heterocycles. The molecule has 6 nitrogen and oxygen atoms in total. The van der Waals surface area contributed by atoms with Crippen molar-refractivity contribution in [1.29, 1.82) is 0 Å². The molecular formula is C32H47NO5. The maximum absolute atomic E-state index is 11.3. The summed E-state index contributed by atoms with van der Waals surface area (Å²) in [4.78, 5) is 12.3. The highest BCUT2D eigenvalue weighted by molar-refractivity contribution is 5.30. The fourth-order valence-corrected chi connectivity index (χ4v) is 10.1. The molecule has 0 atom stereocenters. The van der Waals surface area contributed by atoms with Crippen molar-refractivity contribution < 1.29 is 24.4 Å². The topological polar surface area (TPSA) is 69.2 Å². The molecule has 5 saturated carbocycles. The molecule has 2 N–H and O–H groups in total. The van der Waals surface area contributed by atoms with Crippen LogP contribution in [0.15, 0.2) is 24.3 Å². The van der Waals surface area contributed by atoms with Gasteiger partial charge in [0.25, 0.3) is 0 Å². The van der Waals surface area contributed by atoms with Crippen LogP contribution in [-0.4, -0.2) is 40.0 Å². The number of benzene rings is 1. The van der Waals surface area contributed by atoms with E-state index < -0.39 is 17.2 Å². The van der Waals surface area contributed by atoms with E-state index in [9.17, 15) is 5.11 Å². The lowest BCUT2D eigenvalue weighted by atomic mass is 9.53. The zero-order valence-electron chi connectivity index (χ0n) is 23.8. The Balaban J connectivity index is 0.949. The Bertz CT molecular complexity index is 996. The van der Waals surface area contributed by atoms with E-state index in [2.05, 4.69) is 57.3 Å². The van der Waals surface area contributed by atoms with Crippen molar-refractivity contribution in [2.24, 2.45) is 23.7 Å². The SMILES string of the molecule is CC1(C)CC(O)(COc2ccc(C3CCC4(CC3)OOC3(O4)C4CC5CC(C4)CC3C5)cc2)CC(C)(C)N1. The van der Waals surface area contributed by atoms with E-state index in [1.54, 1.807) is 0 Å². The summed E-state index contributed by atoms with van der Waals surface area (Å²) in [5.41, 5.74) is 0.246. The van der Waals surface area contributed by atoms with Crippen LogP contribution < -0.4 is 10.1 Å². The monoisotopic (exact) mass is 525 g/mol. The molecule has 6 heteroatoms. The molecule has 8 rings (SSSR count). The Labute approximate surface area is 228 Å². The number of hydrogen-bond acceptors (Lipinski definition) is 6. The summed E-state index contributed by atoms with van der Waals surface area (Å²) in [5, 5.41) is 15.0. The Morgan fingerprint density at radius 2 is 1.42 bits per heavy atom. The maximum Gasteiger partial charge on any atom is 0.210 e. The summed E-state index contributed by atoms with van der Waals surface area (Å²) < 4.78 is 13.0. The molecule has 2 saturated heterocycles. The molecule has 1 aromatic carbocycles. The Kier molecular flexibility index (Phi) is 5.87. The summed E-state index contributed by atoms with van der Waals surface area (Å²) >= 11 is 0. The summed E-state index contributed by atoms with van der Waals surface area (Å²) in [5.74, 6) is 3.09. The molecule has 2 aliphatic heterocycles. The quantitative estimate of drug-likeness (QED) is 0.455. The van der Waals surface area contributed by atoms with Crippen LogP contribution in [-0.2, 0) is 14.5 Å². The number of ether oxygens (including phenoxy) is 2. The first-order valence-electron chi connectivity index (χ1n) is 15.3. The largest absolute Gasteiger partial charge is 0.491 e. The van der Waals surface area contributed by atoms with Crippen molar-refractivity contribution in [2.45, 2.75) is 132 Å². The highest BCUT2D eigenvalue weighted by Gasteiger charge is 2.66. The number of aliphatic hydroxyl groups is 1. The second-order valence-corrected chi connectivity index (χ2v) is 15.3. The van der Waals surface area contributed by atoms with Gasteiger partial charge in [-0.2, -0.15) is 9.78 Å². The minimum Gasteiger partial charge on any atom is -0.491 e. The molecule has 0 radical (unpaired) electrons. The van der Waals surface area contributed by atoms with Crippen molar-refractivity contribution >= 4 is 0 Å². The van der Waals surface area contributed by atoms with E-state index >= 15 is 0 Å². The minimum absolute atomic E-state index is 0.129. The van der Waals surface area contributed by atoms with E-state index in [1.165, 1.54) is 37.7 Å². The van der Waals surface area contributed by atoms with Gasteiger partial charge in [0.15, 0.2) is 0 Å². The number of nitrogens with one attached hydrogen (secondary N) is 1. The number of rotatable bonds is 4. The third-order valence-electron chi connectivity index (χ3n) is 10.8. The molecule has 4 bridgehead atoms. The summed E-state index contributed by atoms with van der Waals surface area (Å²) in [7, 11) is 0. The van der Waals surface area contributed by atoms with Crippen LogP contribution in [0.25, 0.3) is 0 Å². The highest BCUT2D eigenvalue weighted by Crippen LogP contribution is 2.64. The van der Waals surface area contributed by atoms with E-state index in [4.69, 9.17) is 19.2 Å². The standard InChI is InChI=1S/C32H47NO5/c1-28(2)18-30(34,19-29(3,4)33-28)20-35-27-7-5-23(6-8-27)24-9-11-31(12-10-24)36-32(38-37-31)25-14-21-13-22(16-25)17-26(32)15-21/h5-8,21-22,24-26,33-34H,9-20H2,1-4H3. The van der Waals surface area contributed by atoms with Crippen molar-refractivity contribution in [3.63, 3.8) is 0 Å². The lowest BCUT2D eigenvalue weighted by molar-refractivity contribution is -0.390. The van der Waals surface area contributed by atoms with Gasteiger partial charge in [-0.05, 0) is 121 Å². The average Bonchev–Trinajstić information content (AvgIpc) is 3.19. The van der Waals surface area contributed by atoms with Gasteiger partial charge < -0.3 is 19.9 Å². The second-order valence-electron chi connectivity index (χ2n) is 15.3. The summed E-state index contributed by atoms with van der Waals surface area (Å²) in [6, 6.07) is 8.53. The molecule has 1 aromatic rings. The number of piperidine rings is 1. The summed E-state index contributed by atoms with van der Waals surface area (Å²) in [6.45, 7) is 8.92. The highest BCUT2D eigenvalue weighted by atomic mass is 17.3. The van der Waals surface area contributed by atoms with Crippen LogP contribution >= 0.6 is 0 Å². The van der Waals surface area contributed by atoms with Gasteiger partial charge in [0.1, 0.15) is 18.0 Å². The van der Waals surface area contributed by atoms with Gasteiger partial charge in [-0.3, -0.25) is 0 Å². The fourth-order valence-electron chi connectivity index (χ4n) is 10.1. The van der Waals surface area contributed by atoms with Crippen LogP contribution in [0, 0.1) is 23.7 Å². The first-order chi connectivity index (χ1) is 17.9. The normalized spacial score (nSPS) is 44.1. The zero-order valence-corrected chi connectivity index (χ0v) is 23.8. The molecule has 210 valence electrons. The lowest BCUT2D eigenvalue weighted by Gasteiger charge is -2.57. The van der Waals surface area contributed by atoms with Crippen molar-refractivity contribution in [2.75, 3.05) is 6.61 Å². The van der Waals surface area contributed by atoms with Gasteiger partial charge in [0.05, 0.1) is 0 Å². The van der Waals surface area contributed by atoms with Crippen LogP contribution in [0.4, 0.5) is 0 Å². The van der Waals surface area contributed by atoms with E-state index in [-0.39, 0.29) is 11.1 Å². The van der Waals surface area contributed by atoms with Crippen molar-refractivity contribution in [1.82, 2.24) is 5.32 Å². The van der Waals surface area contributed by atoms with Crippen LogP contribution in [0.3, 0.4) is 0 Å². The van der Waals surface area contributed by atoms with Gasteiger partial charge in [0, 0.05) is 35.8 Å². The Hall–Kier alpha value is -1.18. The van der Waals surface area contributed by atoms with Crippen LogP contribution in [0.2, 0.25) is 0 Å². The third-order valence-corrected chi connectivity index (χ3v) is 10.8. The van der Waals surface area contributed by atoms with E-state index in [0.717, 1.165) is 43.3 Å². The van der Waals surface area contributed by atoms with Gasteiger partial charge in [-0.1, -0.05) is 12.1 Å². The molecular weight excluding hydrogens is 478 g/mol. The lowest BCUT2D eigenvalue weighted by Crippen LogP contribution is -2.64. The molecule has 7 fully saturated rings. The maximum atomic E-state index is 11.3. The van der Waals surface area contributed by atoms with Gasteiger partial charge in [-0.25, -0.2) is 0 Å². The molecule has 2 heterocycles. The molecule has 7 aliphatic rings. The van der Waals surface area contributed by atoms with Crippen molar-refractivity contribution in [3.05, 3.63) is 29.8 Å². The van der Waals surface area contributed by atoms with Crippen LogP contribution in [0.5, 0.6) is 5.75 Å². The molecule has 38 heavy (non-hydrogen) atoms. The molecule has 2 spiro atoms. The van der Waals surface area contributed by atoms with Gasteiger partial charge in [0.2, 0.25) is 11.6 Å². The third kappa shape index (κ3) is 4.52. The minimum atomic E-state index is -0.841. The zero-order chi connectivity index (χ0) is 26.4. The average molecular weight is 526 g/mol. The number of hydrogen-bond donors (Lipinski definition) is 2. The predicted molar refractivity (Wildman–Crippen MR) is 144 cm³/mol. The van der Waals surface area contributed by atoms with E-state index in [1.807, 2.05) is 0 Å². The van der Waals surface area contributed by atoms with E-state index in [0.29, 0.717) is 37.2 Å². The van der Waals surface area contributed by atoms with Crippen molar-refractivity contribution in [3.8, 4) is 5.75 Å². The molecule has 0 unspecified atom stereocenters. The second kappa shape index (κ2) is 8.66. The Morgan fingerprint density at radius 1 is 0.842 bits per heavy atom. The molecule has 5 aliphatic carbocycles. The first kappa shape index (κ1) is 25.8. The fraction of sp³-hybridized carbons (Fsp3) is 0.812. The Morgan fingerprint density at radius 3 is 2.00 bits per heavy atom. The van der Waals surface area contributed by atoms with Gasteiger partial charge >= 0.3 is 0 Å². The first-order valence-corrected chi connectivity index (χ1v) is 15.3. The van der Waals surface area contributed by atoms with Crippen LogP contribution in [0.1, 0.15) is 110 Å². The summed E-state index contributed by atoms with van der Waals surface area (Å²) in [6.07, 6.45) is 11.6. The van der Waals surface area contributed by atoms with Gasteiger partial charge in [-0.15, -0.1) is 0 Å². The predicted octanol–water partition coefficient (Wildman–Crippen LogP) is 6.22.